The highest BCUT2D eigenvalue weighted by Crippen LogP contribution is 2.11. The van der Waals surface area contributed by atoms with Gasteiger partial charge < -0.3 is 5.32 Å². The van der Waals surface area contributed by atoms with Crippen LogP contribution in [0.5, 0.6) is 0 Å². The van der Waals surface area contributed by atoms with Gasteiger partial charge in [0.25, 0.3) is 0 Å². The molecule has 0 fully saturated rings. The molecule has 0 atom stereocenters. The molecule has 0 aliphatic rings. The van der Waals surface area contributed by atoms with Crippen LogP contribution in [-0.2, 0) is 11.2 Å². The maximum absolute atomic E-state index is 13.0. The first-order valence-electron chi connectivity index (χ1n) is 5.80. The Kier molecular flexibility index (Phi) is 4.18. The summed E-state index contributed by atoms with van der Waals surface area (Å²) in [6, 6.07) is 8.81. The van der Waals surface area contributed by atoms with Gasteiger partial charge in [-0.1, -0.05) is 12.1 Å². The van der Waals surface area contributed by atoms with Crippen molar-refractivity contribution in [2.45, 2.75) is 12.8 Å². The van der Waals surface area contributed by atoms with Gasteiger partial charge in [0.1, 0.15) is 5.82 Å². The van der Waals surface area contributed by atoms with Gasteiger partial charge in [0, 0.05) is 12.6 Å². The molecule has 2 rings (SSSR count). The molecule has 1 aromatic heterocycles. The number of carbonyl (C=O) groups is 1. The number of anilines is 1. The summed E-state index contributed by atoms with van der Waals surface area (Å²) in [6.07, 6.45) is 2.10. The predicted molar refractivity (Wildman–Crippen MR) is 67.5 cm³/mol. The van der Waals surface area contributed by atoms with Gasteiger partial charge in [-0.05, 0) is 36.2 Å². The highest BCUT2D eigenvalue weighted by molar-refractivity contribution is 5.89. The third kappa shape index (κ3) is 3.84. The first kappa shape index (κ1) is 13.1. The van der Waals surface area contributed by atoms with Crippen LogP contribution in [0.1, 0.15) is 12.0 Å². The van der Waals surface area contributed by atoms with Crippen LogP contribution in [0.3, 0.4) is 0 Å². The molecular formula is C14H12F2N2O. The number of nitrogens with zero attached hydrogens (tertiary/aromatic N) is 1. The predicted octanol–water partition coefficient (Wildman–Crippen LogP) is 2.93. The van der Waals surface area contributed by atoms with Crippen molar-refractivity contribution in [2.75, 3.05) is 5.32 Å². The van der Waals surface area contributed by atoms with Crippen LogP contribution in [0, 0.1) is 11.6 Å². The molecule has 2 aromatic rings. The van der Waals surface area contributed by atoms with Crippen molar-refractivity contribution in [3.05, 3.63) is 59.8 Å². The lowest BCUT2D eigenvalue weighted by Crippen LogP contribution is -2.13. The molecule has 0 saturated carbocycles. The van der Waals surface area contributed by atoms with E-state index in [0.717, 1.165) is 12.1 Å². The monoisotopic (exact) mass is 262 g/mol. The van der Waals surface area contributed by atoms with E-state index in [-0.39, 0.29) is 12.3 Å². The molecule has 98 valence electrons. The minimum absolute atomic E-state index is 0.182. The topological polar surface area (TPSA) is 42.0 Å². The van der Waals surface area contributed by atoms with Crippen molar-refractivity contribution in [2.24, 2.45) is 0 Å². The zero-order chi connectivity index (χ0) is 13.7. The minimum Gasteiger partial charge on any atom is -0.311 e. The molecule has 0 aliphatic heterocycles. The fraction of sp³-hybridized carbons (Fsp3) is 0.143. The van der Waals surface area contributed by atoms with E-state index in [2.05, 4.69) is 10.3 Å². The number of benzene rings is 1. The molecule has 5 heteroatoms. The van der Waals surface area contributed by atoms with Crippen LogP contribution in [-0.4, -0.2) is 10.9 Å². The van der Waals surface area contributed by atoms with E-state index in [0.29, 0.717) is 17.8 Å². The third-order valence-corrected chi connectivity index (χ3v) is 2.56. The summed E-state index contributed by atoms with van der Waals surface area (Å²) in [4.78, 5) is 15.6. The van der Waals surface area contributed by atoms with Crippen LogP contribution in [0.25, 0.3) is 0 Å². The Morgan fingerprint density at radius 3 is 2.68 bits per heavy atom. The normalized spacial score (nSPS) is 10.2. The molecule has 0 saturated heterocycles. The quantitative estimate of drug-likeness (QED) is 0.920. The smallest absolute Gasteiger partial charge is 0.225 e. The molecule has 1 N–H and O–H groups in total. The number of amides is 1. The Morgan fingerprint density at radius 1 is 1.16 bits per heavy atom. The number of aromatic nitrogens is 1. The first-order chi connectivity index (χ1) is 9.15. The summed E-state index contributed by atoms with van der Waals surface area (Å²) < 4.78 is 25.7. The minimum atomic E-state index is -0.900. The Bertz CT molecular complexity index is 573. The van der Waals surface area contributed by atoms with Crippen molar-refractivity contribution in [1.82, 2.24) is 4.98 Å². The van der Waals surface area contributed by atoms with Crippen LogP contribution in [0.2, 0.25) is 0 Å². The molecule has 0 bridgehead atoms. The lowest BCUT2D eigenvalue weighted by atomic mass is 10.1. The summed E-state index contributed by atoms with van der Waals surface area (Å²) in [6.45, 7) is 0. The second-order valence-electron chi connectivity index (χ2n) is 4.01. The van der Waals surface area contributed by atoms with Gasteiger partial charge in [-0.3, -0.25) is 4.79 Å². The van der Waals surface area contributed by atoms with Crippen molar-refractivity contribution in [3.8, 4) is 0 Å². The number of hydrogen-bond acceptors (Lipinski definition) is 2. The highest BCUT2D eigenvalue weighted by atomic mass is 19.2. The van der Waals surface area contributed by atoms with Gasteiger partial charge in [0.2, 0.25) is 5.91 Å². The van der Waals surface area contributed by atoms with E-state index in [4.69, 9.17) is 0 Å². The van der Waals surface area contributed by atoms with Crippen LogP contribution >= 0.6 is 0 Å². The summed E-state index contributed by atoms with van der Waals surface area (Å²) in [5.74, 6) is -1.54. The lowest BCUT2D eigenvalue weighted by molar-refractivity contribution is -0.116. The zero-order valence-corrected chi connectivity index (χ0v) is 10.1. The average Bonchev–Trinajstić information content (AvgIpc) is 2.41. The van der Waals surface area contributed by atoms with E-state index >= 15 is 0 Å². The molecule has 0 unspecified atom stereocenters. The lowest BCUT2D eigenvalue weighted by Gasteiger charge is -2.04. The second kappa shape index (κ2) is 6.04. The van der Waals surface area contributed by atoms with E-state index in [1.54, 1.807) is 24.4 Å². The number of halogens is 2. The van der Waals surface area contributed by atoms with Gasteiger partial charge in [-0.25, -0.2) is 13.8 Å². The molecule has 19 heavy (non-hydrogen) atoms. The zero-order valence-electron chi connectivity index (χ0n) is 10.1. The van der Waals surface area contributed by atoms with E-state index in [9.17, 15) is 13.6 Å². The van der Waals surface area contributed by atoms with Gasteiger partial charge in [0.15, 0.2) is 11.6 Å². The molecule has 0 spiro atoms. The molecule has 1 amide bonds. The second-order valence-corrected chi connectivity index (χ2v) is 4.01. The number of hydrogen-bond donors (Lipinski definition) is 1. The summed E-state index contributed by atoms with van der Waals surface area (Å²) in [5, 5.41) is 2.62. The maximum atomic E-state index is 13.0. The maximum Gasteiger partial charge on any atom is 0.225 e. The summed E-state index contributed by atoms with van der Waals surface area (Å²) >= 11 is 0. The Morgan fingerprint density at radius 2 is 2.00 bits per heavy atom. The number of aryl methyl sites for hydroxylation is 1. The van der Waals surface area contributed by atoms with Gasteiger partial charge in [0.05, 0.1) is 0 Å². The Balaban J connectivity index is 1.88. The Labute approximate surface area is 109 Å². The van der Waals surface area contributed by atoms with Gasteiger partial charge in [-0.2, -0.15) is 0 Å². The largest absolute Gasteiger partial charge is 0.311 e. The van der Waals surface area contributed by atoms with Crippen LogP contribution < -0.4 is 5.32 Å². The van der Waals surface area contributed by atoms with E-state index in [1.165, 1.54) is 6.07 Å². The number of nitrogens with one attached hydrogen (secondary N) is 1. The number of carbonyl (C=O) groups excluding carboxylic acids is 1. The molecule has 1 heterocycles. The van der Waals surface area contributed by atoms with Crippen LogP contribution in [0.4, 0.5) is 14.6 Å². The fourth-order valence-electron chi connectivity index (χ4n) is 1.60. The molecule has 3 nitrogen and oxygen atoms in total. The standard InChI is InChI=1S/C14H12F2N2O/c15-11-6-4-10(9-12(11)16)5-7-14(19)18-13-3-1-2-8-17-13/h1-4,6,8-9H,5,7H2,(H,17,18,19). The number of rotatable bonds is 4. The first-order valence-corrected chi connectivity index (χ1v) is 5.80. The van der Waals surface area contributed by atoms with Crippen molar-refractivity contribution in [3.63, 3.8) is 0 Å². The molecular weight excluding hydrogens is 250 g/mol. The summed E-state index contributed by atoms with van der Waals surface area (Å²) in [5.41, 5.74) is 0.579. The van der Waals surface area contributed by atoms with Crippen molar-refractivity contribution >= 4 is 11.7 Å². The fourth-order valence-corrected chi connectivity index (χ4v) is 1.60. The van der Waals surface area contributed by atoms with Crippen molar-refractivity contribution < 1.29 is 13.6 Å². The average molecular weight is 262 g/mol. The van der Waals surface area contributed by atoms with Crippen molar-refractivity contribution in [1.29, 1.82) is 0 Å². The van der Waals surface area contributed by atoms with Gasteiger partial charge in [-0.15, -0.1) is 0 Å². The van der Waals surface area contributed by atoms with Gasteiger partial charge >= 0.3 is 0 Å². The van der Waals surface area contributed by atoms with E-state index < -0.39 is 11.6 Å². The van der Waals surface area contributed by atoms with E-state index in [1.807, 2.05) is 0 Å². The molecule has 0 radical (unpaired) electrons. The Hall–Kier alpha value is -2.30. The molecule has 0 aliphatic carbocycles. The summed E-state index contributed by atoms with van der Waals surface area (Å²) in [7, 11) is 0. The SMILES string of the molecule is O=C(CCc1ccc(F)c(F)c1)Nc1ccccn1. The number of pyridine rings is 1. The highest BCUT2D eigenvalue weighted by Gasteiger charge is 2.06. The van der Waals surface area contributed by atoms with Crippen LogP contribution in [0.15, 0.2) is 42.6 Å². The third-order valence-electron chi connectivity index (χ3n) is 2.56. The molecule has 1 aromatic carbocycles.